The monoisotopic (exact) mass is 441 g/mol. The van der Waals surface area contributed by atoms with Crippen LogP contribution < -0.4 is 10.0 Å². The molecule has 0 saturated heterocycles. The number of benzene rings is 3. The summed E-state index contributed by atoms with van der Waals surface area (Å²) in [7, 11) is -4.07. The van der Waals surface area contributed by atoms with E-state index in [-0.39, 0.29) is 21.7 Å². The maximum absolute atomic E-state index is 14.0. The predicted molar refractivity (Wildman–Crippen MR) is 111 cm³/mol. The Bertz CT molecular complexity index is 1270. The Morgan fingerprint density at radius 3 is 2.35 bits per heavy atom. The maximum atomic E-state index is 14.0. The zero-order valence-electron chi connectivity index (χ0n) is 16.3. The zero-order valence-corrected chi connectivity index (χ0v) is 17.1. The van der Waals surface area contributed by atoms with Gasteiger partial charge in [0, 0.05) is 16.8 Å². The van der Waals surface area contributed by atoms with Crippen LogP contribution >= 0.6 is 0 Å². The number of nitrogens with one attached hydrogen (secondary N) is 2. The minimum Gasteiger partial charge on any atom is -0.332 e. The minimum atomic E-state index is -4.07. The van der Waals surface area contributed by atoms with Crippen molar-refractivity contribution in [1.29, 1.82) is 5.26 Å². The summed E-state index contributed by atoms with van der Waals surface area (Å²) in [6.45, 7) is 1.60. The Morgan fingerprint density at radius 2 is 1.71 bits per heavy atom. The molecular weight excluding hydrogens is 424 g/mol. The summed E-state index contributed by atoms with van der Waals surface area (Å²) in [5.74, 6) is -1.89. The highest BCUT2D eigenvalue weighted by molar-refractivity contribution is 7.92. The molecule has 2 N–H and O–H groups in total. The Hall–Kier alpha value is -3.77. The molecule has 0 aliphatic rings. The summed E-state index contributed by atoms with van der Waals surface area (Å²) >= 11 is 0. The van der Waals surface area contributed by atoms with Crippen molar-refractivity contribution in [2.75, 3.05) is 4.72 Å². The number of aryl methyl sites for hydroxylation is 1. The third-order valence-corrected chi connectivity index (χ3v) is 5.86. The topological polar surface area (TPSA) is 99.1 Å². The van der Waals surface area contributed by atoms with Gasteiger partial charge in [-0.05, 0) is 55.0 Å². The second-order valence-corrected chi connectivity index (χ2v) is 8.33. The summed E-state index contributed by atoms with van der Waals surface area (Å²) in [6, 6.07) is 14.8. The van der Waals surface area contributed by atoms with Crippen molar-refractivity contribution >= 4 is 21.6 Å². The summed E-state index contributed by atoms with van der Waals surface area (Å²) in [4.78, 5) is 12.6. The number of sulfonamides is 1. The number of halogens is 2. The highest BCUT2D eigenvalue weighted by Gasteiger charge is 2.22. The van der Waals surface area contributed by atoms with E-state index in [4.69, 9.17) is 0 Å². The smallest absolute Gasteiger partial charge is 0.261 e. The SMILES string of the molecule is Cc1ccc(S(=O)(=O)Nc2ccc(F)cc2)cc1C(=O)NC(C#N)c1ccccc1F. The van der Waals surface area contributed by atoms with Gasteiger partial charge in [-0.3, -0.25) is 9.52 Å². The number of hydrogen-bond acceptors (Lipinski definition) is 4. The van der Waals surface area contributed by atoms with Crippen LogP contribution in [-0.2, 0) is 10.0 Å². The van der Waals surface area contributed by atoms with E-state index >= 15 is 0 Å². The Morgan fingerprint density at radius 1 is 1.03 bits per heavy atom. The largest absolute Gasteiger partial charge is 0.332 e. The first-order valence-electron chi connectivity index (χ1n) is 9.05. The molecule has 0 fully saturated rings. The molecule has 1 amide bonds. The van der Waals surface area contributed by atoms with Gasteiger partial charge in [0.1, 0.15) is 17.7 Å². The lowest BCUT2D eigenvalue weighted by Crippen LogP contribution is -2.29. The van der Waals surface area contributed by atoms with E-state index in [0.717, 1.165) is 18.2 Å². The van der Waals surface area contributed by atoms with E-state index < -0.39 is 33.6 Å². The fourth-order valence-electron chi connectivity index (χ4n) is 2.84. The molecule has 0 aliphatic carbocycles. The normalized spacial score (nSPS) is 11.9. The first-order chi connectivity index (χ1) is 14.7. The highest BCUT2D eigenvalue weighted by atomic mass is 32.2. The molecule has 0 heterocycles. The Balaban J connectivity index is 1.88. The van der Waals surface area contributed by atoms with Crippen molar-refractivity contribution in [1.82, 2.24) is 5.32 Å². The van der Waals surface area contributed by atoms with E-state index in [1.54, 1.807) is 6.92 Å². The second-order valence-electron chi connectivity index (χ2n) is 6.65. The molecule has 9 heteroatoms. The molecule has 6 nitrogen and oxygen atoms in total. The third-order valence-electron chi connectivity index (χ3n) is 4.48. The van der Waals surface area contributed by atoms with Crippen LogP contribution in [-0.4, -0.2) is 14.3 Å². The standard InChI is InChI=1S/C22H17F2N3O3S/c1-14-6-11-17(31(29,30)27-16-9-7-15(23)8-10-16)12-19(14)22(28)26-21(13-25)18-4-2-3-5-20(18)24/h2-12,21,27H,1H3,(H,26,28). The van der Waals surface area contributed by atoms with Gasteiger partial charge in [-0.1, -0.05) is 24.3 Å². The van der Waals surface area contributed by atoms with E-state index in [1.807, 2.05) is 6.07 Å². The molecule has 0 aromatic heterocycles. The van der Waals surface area contributed by atoms with Crippen molar-refractivity contribution in [3.63, 3.8) is 0 Å². The van der Waals surface area contributed by atoms with Crippen LogP contribution in [0.15, 0.2) is 71.6 Å². The molecule has 3 rings (SSSR count). The van der Waals surface area contributed by atoms with Crippen LogP contribution in [0.25, 0.3) is 0 Å². The zero-order chi connectivity index (χ0) is 22.6. The van der Waals surface area contributed by atoms with E-state index in [1.165, 1.54) is 48.5 Å². The minimum absolute atomic E-state index is 0.00208. The number of nitriles is 1. The fourth-order valence-corrected chi connectivity index (χ4v) is 3.93. The lowest BCUT2D eigenvalue weighted by atomic mass is 10.0. The number of rotatable bonds is 6. The van der Waals surface area contributed by atoms with Crippen LogP contribution in [0.5, 0.6) is 0 Å². The van der Waals surface area contributed by atoms with Gasteiger partial charge in [-0.15, -0.1) is 0 Å². The van der Waals surface area contributed by atoms with Crippen molar-refractivity contribution < 1.29 is 22.0 Å². The number of hydrogen-bond donors (Lipinski definition) is 2. The van der Waals surface area contributed by atoms with Gasteiger partial charge in [0.2, 0.25) is 0 Å². The second kappa shape index (κ2) is 8.93. The molecule has 158 valence electrons. The summed E-state index contributed by atoms with van der Waals surface area (Å²) in [5.41, 5.74) is 0.622. The number of amides is 1. The molecule has 3 aromatic rings. The van der Waals surface area contributed by atoms with Crippen LogP contribution in [0.3, 0.4) is 0 Å². The average Bonchev–Trinajstić information content (AvgIpc) is 2.74. The molecule has 0 bridgehead atoms. The molecule has 1 atom stereocenters. The van der Waals surface area contributed by atoms with Crippen LogP contribution in [0, 0.1) is 29.9 Å². The molecule has 0 aliphatic heterocycles. The Kier molecular flexibility index (Phi) is 6.32. The molecular formula is C22H17F2N3O3S. The van der Waals surface area contributed by atoms with Gasteiger partial charge in [-0.2, -0.15) is 5.26 Å². The van der Waals surface area contributed by atoms with Crippen molar-refractivity contribution in [2.24, 2.45) is 0 Å². The van der Waals surface area contributed by atoms with E-state index in [2.05, 4.69) is 10.0 Å². The molecule has 3 aromatic carbocycles. The van der Waals surface area contributed by atoms with Crippen molar-refractivity contribution in [3.8, 4) is 6.07 Å². The quantitative estimate of drug-likeness (QED) is 0.602. The molecule has 31 heavy (non-hydrogen) atoms. The lowest BCUT2D eigenvalue weighted by molar-refractivity contribution is 0.0944. The predicted octanol–water partition coefficient (Wildman–Crippen LogP) is 4.07. The average molecular weight is 441 g/mol. The first kappa shape index (κ1) is 21.9. The maximum Gasteiger partial charge on any atom is 0.261 e. The molecule has 0 saturated carbocycles. The van der Waals surface area contributed by atoms with Gasteiger partial charge in [-0.25, -0.2) is 17.2 Å². The van der Waals surface area contributed by atoms with Crippen LogP contribution in [0.2, 0.25) is 0 Å². The van der Waals surface area contributed by atoms with Gasteiger partial charge < -0.3 is 5.32 Å². The number of anilines is 1. The van der Waals surface area contributed by atoms with Crippen molar-refractivity contribution in [3.05, 3.63) is 95.1 Å². The summed E-state index contributed by atoms with van der Waals surface area (Å²) in [6.07, 6.45) is 0. The molecule has 0 radical (unpaired) electrons. The van der Waals surface area contributed by atoms with E-state index in [0.29, 0.717) is 5.56 Å². The van der Waals surface area contributed by atoms with Gasteiger partial charge >= 0.3 is 0 Å². The van der Waals surface area contributed by atoms with Gasteiger partial charge in [0.25, 0.3) is 15.9 Å². The third kappa shape index (κ3) is 5.05. The fraction of sp³-hybridized carbons (Fsp3) is 0.0909. The van der Waals surface area contributed by atoms with E-state index in [9.17, 15) is 27.3 Å². The molecule has 1 unspecified atom stereocenters. The van der Waals surface area contributed by atoms with Gasteiger partial charge in [0.05, 0.1) is 11.0 Å². The molecule has 0 spiro atoms. The van der Waals surface area contributed by atoms with Crippen LogP contribution in [0.1, 0.15) is 27.5 Å². The number of carbonyl (C=O) groups is 1. The summed E-state index contributed by atoms with van der Waals surface area (Å²) in [5, 5.41) is 11.8. The van der Waals surface area contributed by atoms with Gasteiger partial charge in [0.15, 0.2) is 0 Å². The van der Waals surface area contributed by atoms with Crippen molar-refractivity contribution in [2.45, 2.75) is 17.9 Å². The number of nitrogens with zero attached hydrogens (tertiary/aromatic N) is 1. The van der Waals surface area contributed by atoms with Crippen LogP contribution in [0.4, 0.5) is 14.5 Å². The highest BCUT2D eigenvalue weighted by Crippen LogP contribution is 2.21. The summed E-state index contributed by atoms with van der Waals surface area (Å²) < 4.78 is 54.7. The lowest BCUT2D eigenvalue weighted by Gasteiger charge is -2.15. The number of carbonyl (C=O) groups excluding carboxylic acids is 1. The Labute approximate surface area is 178 Å². The first-order valence-corrected chi connectivity index (χ1v) is 10.5.